The molecule has 0 heterocycles. The van der Waals surface area contributed by atoms with Gasteiger partial charge in [-0.3, -0.25) is 4.79 Å². The Morgan fingerprint density at radius 1 is 1.26 bits per heavy atom. The summed E-state index contributed by atoms with van der Waals surface area (Å²) in [5, 5.41) is 2.84. The molecule has 1 aromatic rings. The minimum atomic E-state index is -4.40. The van der Waals surface area contributed by atoms with Crippen molar-refractivity contribution in [3.63, 3.8) is 0 Å². The lowest BCUT2D eigenvalue weighted by atomic mass is 9.91. The van der Waals surface area contributed by atoms with E-state index in [1.165, 1.54) is 6.07 Å². The molecule has 128 valence electrons. The van der Waals surface area contributed by atoms with Crippen LogP contribution in [0.5, 0.6) is 0 Å². The fourth-order valence-corrected chi connectivity index (χ4v) is 2.69. The first-order valence-corrected chi connectivity index (χ1v) is 7.92. The molecule has 1 fully saturated rings. The second-order valence-electron chi connectivity index (χ2n) is 6.41. The maximum absolute atomic E-state index is 12.9. The third-order valence-corrected chi connectivity index (χ3v) is 4.94. The first kappa shape index (κ1) is 17.8. The normalized spacial score (nSPS) is 17.0. The highest BCUT2D eigenvalue weighted by atomic mass is 19.4. The number of carbonyl (C=O) groups excluding carboxylic acids is 1. The molecule has 1 saturated carbocycles. The zero-order valence-electron chi connectivity index (χ0n) is 13.5. The third kappa shape index (κ3) is 3.68. The molecule has 0 saturated heterocycles. The molecule has 0 aliphatic heterocycles. The molecule has 0 radical (unpaired) electrons. The molecule has 2 rings (SSSR count). The maximum Gasteiger partial charge on any atom is 0.416 e. The lowest BCUT2D eigenvalue weighted by Crippen LogP contribution is -2.51. The van der Waals surface area contributed by atoms with Crippen LogP contribution in [0.3, 0.4) is 0 Å². The lowest BCUT2D eigenvalue weighted by molar-refractivity contribution is -0.137. The number of nitrogens with two attached hydrogens (primary N) is 1. The quantitative estimate of drug-likeness (QED) is 0.841. The number of hydrogen-bond acceptors (Lipinski definition) is 2. The predicted molar refractivity (Wildman–Crippen MR) is 82.9 cm³/mol. The van der Waals surface area contributed by atoms with Gasteiger partial charge in [-0.05, 0) is 37.3 Å². The van der Waals surface area contributed by atoms with Crippen LogP contribution < -0.4 is 11.1 Å². The van der Waals surface area contributed by atoms with Crippen LogP contribution in [-0.2, 0) is 16.4 Å². The fraction of sp³-hybridized carbons (Fsp3) is 0.588. The molecule has 3 nitrogen and oxygen atoms in total. The van der Waals surface area contributed by atoms with Crippen molar-refractivity contribution in [2.45, 2.75) is 56.7 Å². The number of carbonyl (C=O) groups is 1. The van der Waals surface area contributed by atoms with Gasteiger partial charge in [-0.2, -0.15) is 13.2 Å². The number of benzene rings is 1. The fourth-order valence-electron chi connectivity index (χ4n) is 2.69. The molecule has 0 bridgehead atoms. The Balaban J connectivity index is 2.15. The van der Waals surface area contributed by atoms with Gasteiger partial charge < -0.3 is 11.1 Å². The Morgan fingerprint density at radius 2 is 1.87 bits per heavy atom. The second kappa shape index (κ2) is 6.15. The summed E-state index contributed by atoms with van der Waals surface area (Å²) in [6.45, 7) is 4.24. The summed E-state index contributed by atoms with van der Waals surface area (Å²) in [6.07, 6.45) is -1.83. The van der Waals surface area contributed by atoms with Crippen molar-refractivity contribution >= 4 is 5.91 Å². The first-order chi connectivity index (χ1) is 10.7. The van der Waals surface area contributed by atoms with E-state index in [0.717, 1.165) is 25.0 Å². The van der Waals surface area contributed by atoms with Gasteiger partial charge in [-0.15, -0.1) is 0 Å². The van der Waals surface area contributed by atoms with Gasteiger partial charge in [0.2, 0.25) is 5.91 Å². The summed E-state index contributed by atoms with van der Waals surface area (Å²) < 4.78 is 38.6. The van der Waals surface area contributed by atoms with E-state index in [0.29, 0.717) is 24.9 Å². The average Bonchev–Trinajstić information content (AvgIpc) is 3.33. The Hall–Kier alpha value is -1.56. The van der Waals surface area contributed by atoms with E-state index in [4.69, 9.17) is 5.73 Å². The number of nitrogens with one attached hydrogen (secondary N) is 1. The molecule has 0 aromatic heterocycles. The van der Waals surface area contributed by atoms with Crippen LogP contribution in [0.4, 0.5) is 13.2 Å². The average molecular weight is 328 g/mol. The molecular formula is C17H23F3N2O. The summed E-state index contributed by atoms with van der Waals surface area (Å²) in [7, 11) is 0. The number of rotatable bonds is 6. The molecular weight excluding hydrogens is 305 g/mol. The van der Waals surface area contributed by atoms with Crippen molar-refractivity contribution in [2.24, 2.45) is 5.73 Å². The Labute approximate surface area is 134 Å². The largest absolute Gasteiger partial charge is 0.416 e. The van der Waals surface area contributed by atoms with E-state index in [-0.39, 0.29) is 5.91 Å². The molecule has 1 aliphatic rings. The SMILES string of the molecule is CCC(N)(CC)CNC(=O)C1(c2cccc(C(F)(F)F)c2)CC1. The molecule has 6 heteroatoms. The van der Waals surface area contributed by atoms with E-state index in [2.05, 4.69) is 5.32 Å². The summed E-state index contributed by atoms with van der Waals surface area (Å²) in [5.41, 5.74) is 4.58. The van der Waals surface area contributed by atoms with Crippen LogP contribution >= 0.6 is 0 Å². The molecule has 0 atom stereocenters. The van der Waals surface area contributed by atoms with Crippen molar-refractivity contribution in [1.29, 1.82) is 0 Å². The number of amides is 1. The van der Waals surface area contributed by atoms with Gasteiger partial charge in [-0.25, -0.2) is 0 Å². The van der Waals surface area contributed by atoms with E-state index >= 15 is 0 Å². The van der Waals surface area contributed by atoms with Gasteiger partial charge in [0.15, 0.2) is 0 Å². The van der Waals surface area contributed by atoms with Crippen LogP contribution in [0.1, 0.15) is 50.7 Å². The minimum absolute atomic E-state index is 0.228. The number of hydrogen-bond donors (Lipinski definition) is 2. The van der Waals surface area contributed by atoms with Crippen molar-refractivity contribution in [2.75, 3.05) is 6.54 Å². The zero-order valence-corrected chi connectivity index (χ0v) is 13.5. The van der Waals surface area contributed by atoms with E-state index in [1.807, 2.05) is 13.8 Å². The molecule has 1 aliphatic carbocycles. The molecule has 0 spiro atoms. The van der Waals surface area contributed by atoms with Gasteiger partial charge in [0.1, 0.15) is 0 Å². The van der Waals surface area contributed by atoms with Crippen molar-refractivity contribution < 1.29 is 18.0 Å². The maximum atomic E-state index is 12.9. The van der Waals surface area contributed by atoms with E-state index in [9.17, 15) is 18.0 Å². The highest BCUT2D eigenvalue weighted by Crippen LogP contribution is 2.49. The summed E-state index contributed by atoms with van der Waals surface area (Å²) in [5.74, 6) is -0.228. The molecule has 0 unspecified atom stereocenters. The number of alkyl halides is 3. The number of halogens is 3. The van der Waals surface area contributed by atoms with Gasteiger partial charge in [0, 0.05) is 12.1 Å². The lowest BCUT2D eigenvalue weighted by Gasteiger charge is -2.28. The van der Waals surface area contributed by atoms with E-state index in [1.54, 1.807) is 6.07 Å². The van der Waals surface area contributed by atoms with Crippen LogP contribution in [0.25, 0.3) is 0 Å². The monoisotopic (exact) mass is 328 g/mol. The summed E-state index contributed by atoms with van der Waals surface area (Å²) in [6, 6.07) is 5.06. The Bertz CT molecular complexity index is 575. The van der Waals surface area contributed by atoms with Crippen molar-refractivity contribution in [1.82, 2.24) is 5.32 Å². The highest BCUT2D eigenvalue weighted by molar-refractivity contribution is 5.91. The third-order valence-electron chi connectivity index (χ3n) is 4.94. The Kier molecular flexibility index (Phi) is 4.76. The van der Waals surface area contributed by atoms with Crippen molar-refractivity contribution in [3.8, 4) is 0 Å². The van der Waals surface area contributed by atoms with Gasteiger partial charge in [-0.1, -0.05) is 32.0 Å². The van der Waals surface area contributed by atoms with E-state index < -0.39 is 22.7 Å². The smallest absolute Gasteiger partial charge is 0.353 e. The van der Waals surface area contributed by atoms with Gasteiger partial charge in [0.25, 0.3) is 0 Å². The summed E-state index contributed by atoms with van der Waals surface area (Å²) in [4.78, 5) is 12.5. The highest BCUT2D eigenvalue weighted by Gasteiger charge is 2.52. The minimum Gasteiger partial charge on any atom is -0.353 e. The molecule has 1 aromatic carbocycles. The topological polar surface area (TPSA) is 55.1 Å². The molecule has 23 heavy (non-hydrogen) atoms. The van der Waals surface area contributed by atoms with Crippen molar-refractivity contribution in [3.05, 3.63) is 35.4 Å². The Morgan fingerprint density at radius 3 is 2.35 bits per heavy atom. The van der Waals surface area contributed by atoms with Crippen LogP contribution in [-0.4, -0.2) is 18.0 Å². The van der Waals surface area contributed by atoms with Gasteiger partial charge >= 0.3 is 6.18 Å². The molecule has 3 N–H and O–H groups in total. The predicted octanol–water partition coefficient (Wildman–Crippen LogP) is 3.37. The van der Waals surface area contributed by atoms with Crippen LogP contribution in [0.2, 0.25) is 0 Å². The first-order valence-electron chi connectivity index (χ1n) is 7.92. The zero-order chi connectivity index (χ0) is 17.3. The summed E-state index contributed by atoms with van der Waals surface area (Å²) >= 11 is 0. The standard InChI is InChI=1S/C17H23F3N2O/c1-3-15(21,4-2)11-22-14(23)16(8-9-16)12-6-5-7-13(10-12)17(18,19)20/h5-7,10H,3-4,8-9,11,21H2,1-2H3,(H,22,23). The second-order valence-corrected chi connectivity index (χ2v) is 6.41. The van der Waals surface area contributed by atoms with Gasteiger partial charge in [0.05, 0.1) is 11.0 Å². The van der Waals surface area contributed by atoms with Crippen LogP contribution in [0.15, 0.2) is 24.3 Å². The molecule has 1 amide bonds. The van der Waals surface area contributed by atoms with Crippen LogP contribution in [0, 0.1) is 0 Å².